The predicted octanol–water partition coefficient (Wildman–Crippen LogP) is 2.27. The molecule has 0 unspecified atom stereocenters. The number of guanidine groups is 1. The summed E-state index contributed by atoms with van der Waals surface area (Å²) in [7, 11) is 1.65. The van der Waals surface area contributed by atoms with Gasteiger partial charge in [-0.3, -0.25) is 0 Å². The van der Waals surface area contributed by atoms with Crippen LogP contribution in [0.25, 0.3) is 0 Å². The highest BCUT2D eigenvalue weighted by atomic mass is 127. The van der Waals surface area contributed by atoms with Crippen LogP contribution >= 0.6 is 24.0 Å². The maximum Gasteiger partial charge on any atom is 0.191 e. The van der Waals surface area contributed by atoms with Crippen molar-refractivity contribution in [3.63, 3.8) is 0 Å². The van der Waals surface area contributed by atoms with Crippen molar-refractivity contribution in [3.05, 3.63) is 24.3 Å². The minimum Gasteiger partial charge on any atom is -0.497 e. The van der Waals surface area contributed by atoms with E-state index in [-0.39, 0.29) is 24.0 Å². The van der Waals surface area contributed by atoms with E-state index in [0.29, 0.717) is 13.2 Å². The Morgan fingerprint density at radius 2 is 1.60 bits per heavy atom. The van der Waals surface area contributed by atoms with Crippen molar-refractivity contribution in [2.75, 3.05) is 33.4 Å². The summed E-state index contributed by atoms with van der Waals surface area (Å²) in [5, 5.41) is 6.33. The molecule has 0 aliphatic rings. The normalized spacial score (nSPS) is 9.15. The molecule has 0 spiro atoms. The zero-order chi connectivity index (χ0) is 13.9. The van der Waals surface area contributed by atoms with Crippen LogP contribution in [-0.4, -0.2) is 39.3 Å². The Morgan fingerprint density at radius 3 is 2.10 bits per heavy atom. The van der Waals surface area contributed by atoms with Crippen LogP contribution in [0.15, 0.2) is 29.3 Å². The Kier molecular flexibility index (Phi) is 10.9. The summed E-state index contributed by atoms with van der Waals surface area (Å²) in [6.07, 6.45) is 0. The van der Waals surface area contributed by atoms with Crippen LogP contribution in [0.4, 0.5) is 0 Å². The van der Waals surface area contributed by atoms with Gasteiger partial charge in [0.25, 0.3) is 0 Å². The van der Waals surface area contributed by atoms with Gasteiger partial charge in [0.2, 0.25) is 0 Å². The van der Waals surface area contributed by atoms with E-state index < -0.39 is 0 Å². The molecular formula is C14H24IN3O2. The molecule has 5 nitrogen and oxygen atoms in total. The summed E-state index contributed by atoms with van der Waals surface area (Å²) in [5.74, 6) is 2.47. The number of ether oxygens (including phenoxy) is 2. The third kappa shape index (κ3) is 7.42. The third-order valence-corrected chi connectivity index (χ3v) is 2.38. The van der Waals surface area contributed by atoms with Crippen molar-refractivity contribution in [1.82, 2.24) is 10.6 Å². The van der Waals surface area contributed by atoms with Crippen molar-refractivity contribution >= 4 is 29.9 Å². The van der Waals surface area contributed by atoms with Crippen LogP contribution in [0.2, 0.25) is 0 Å². The molecule has 0 bridgehead atoms. The molecule has 0 aliphatic carbocycles. The fourth-order valence-corrected chi connectivity index (χ4v) is 1.50. The molecule has 6 heteroatoms. The molecule has 1 aromatic rings. The van der Waals surface area contributed by atoms with Gasteiger partial charge in [0.05, 0.1) is 13.7 Å². The van der Waals surface area contributed by atoms with Crippen molar-refractivity contribution in [1.29, 1.82) is 0 Å². The van der Waals surface area contributed by atoms with Gasteiger partial charge in [-0.05, 0) is 38.1 Å². The van der Waals surface area contributed by atoms with Crippen LogP contribution < -0.4 is 20.1 Å². The second kappa shape index (κ2) is 11.6. The van der Waals surface area contributed by atoms with Crippen LogP contribution in [0.3, 0.4) is 0 Å². The molecule has 0 heterocycles. The summed E-state index contributed by atoms with van der Waals surface area (Å²) in [6.45, 7) is 6.95. The maximum atomic E-state index is 5.59. The lowest BCUT2D eigenvalue weighted by Gasteiger charge is -2.09. The van der Waals surface area contributed by atoms with E-state index in [9.17, 15) is 0 Å². The van der Waals surface area contributed by atoms with Crippen molar-refractivity contribution in [2.45, 2.75) is 13.8 Å². The van der Waals surface area contributed by atoms with Crippen molar-refractivity contribution in [2.24, 2.45) is 4.99 Å². The molecule has 0 aliphatic heterocycles. The van der Waals surface area contributed by atoms with Crippen LogP contribution in [0.5, 0.6) is 11.5 Å². The smallest absolute Gasteiger partial charge is 0.191 e. The average Bonchev–Trinajstić information content (AvgIpc) is 2.44. The van der Waals surface area contributed by atoms with Gasteiger partial charge in [-0.25, -0.2) is 4.99 Å². The van der Waals surface area contributed by atoms with Gasteiger partial charge in [-0.2, -0.15) is 0 Å². The molecule has 1 rings (SSSR count). The van der Waals surface area contributed by atoms with Crippen LogP contribution in [-0.2, 0) is 0 Å². The van der Waals surface area contributed by atoms with Crippen molar-refractivity contribution < 1.29 is 9.47 Å². The van der Waals surface area contributed by atoms with Gasteiger partial charge in [-0.1, -0.05) is 0 Å². The zero-order valence-electron chi connectivity index (χ0n) is 12.3. The fraction of sp³-hybridized carbons (Fsp3) is 0.500. The number of hydrogen-bond acceptors (Lipinski definition) is 3. The number of halogens is 1. The Bertz CT molecular complexity index is 375. The van der Waals surface area contributed by atoms with E-state index in [2.05, 4.69) is 15.6 Å². The number of hydrogen-bond donors (Lipinski definition) is 2. The number of nitrogens with zero attached hydrogens (tertiary/aromatic N) is 1. The first-order valence-corrected chi connectivity index (χ1v) is 6.59. The Balaban J connectivity index is 0.00000361. The quantitative estimate of drug-likeness (QED) is 0.323. The molecule has 0 radical (unpaired) electrons. The summed E-state index contributed by atoms with van der Waals surface area (Å²) < 4.78 is 10.7. The molecular weight excluding hydrogens is 369 g/mol. The Hall–Kier alpha value is -1.18. The second-order valence-corrected chi connectivity index (χ2v) is 3.81. The van der Waals surface area contributed by atoms with Crippen LogP contribution in [0.1, 0.15) is 13.8 Å². The number of nitrogens with one attached hydrogen (secondary N) is 2. The van der Waals surface area contributed by atoms with Gasteiger partial charge in [0.1, 0.15) is 18.1 Å². The van der Waals surface area contributed by atoms with E-state index in [4.69, 9.17) is 9.47 Å². The molecule has 2 N–H and O–H groups in total. The Labute approximate surface area is 138 Å². The van der Waals surface area contributed by atoms with E-state index in [0.717, 1.165) is 30.5 Å². The van der Waals surface area contributed by atoms with E-state index in [1.165, 1.54) is 0 Å². The standard InChI is InChI=1S/C14H23N3O2.HI/c1-4-15-14(16-5-2)17-10-11-19-13-8-6-12(18-3)7-9-13;/h6-9H,4-5,10-11H2,1-3H3,(H2,15,16,17);1H. The molecule has 0 fully saturated rings. The van der Waals surface area contributed by atoms with Gasteiger partial charge < -0.3 is 20.1 Å². The predicted molar refractivity (Wildman–Crippen MR) is 93.6 cm³/mol. The number of methoxy groups -OCH3 is 1. The first-order chi connectivity index (χ1) is 9.30. The molecule has 114 valence electrons. The SMILES string of the molecule is CCNC(=NCCOc1ccc(OC)cc1)NCC.I. The molecule has 1 aromatic carbocycles. The minimum atomic E-state index is 0. The zero-order valence-corrected chi connectivity index (χ0v) is 14.6. The molecule has 20 heavy (non-hydrogen) atoms. The largest absolute Gasteiger partial charge is 0.497 e. The topological polar surface area (TPSA) is 54.9 Å². The lowest BCUT2D eigenvalue weighted by Crippen LogP contribution is -2.37. The highest BCUT2D eigenvalue weighted by Gasteiger charge is 1.96. The lowest BCUT2D eigenvalue weighted by molar-refractivity contribution is 0.327. The highest BCUT2D eigenvalue weighted by Crippen LogP contribution is 2.16. The molecule has 0 atom stereocenters. The van der Waals surface area contributed by atoms with Crippen molar-refractivity contribution in [3.8, 4) is 11.5 Å². The van der Waals surface area contributed by atoms with E-state index in [1.807, 2.05) is 38.1 Å². The fourth-order valence-electron chi connectivity index (χ4n) is 1.50. The third-order valence-electron chi connectivity index (χ3n) is 2.38. The van der Waals surface area contributed by atoms with Crippen LogP contribution in [0, 0.1) is 0 Å². The van der Waals surface area contributed by atoms with Gasteiger partial charge in [0, 0.05) is 13.1 Å². The molecule has 0 amide bonds. The lowest BCUT2D eigenvalue weighted by atomic mass is 10.3. The van der Waals surface area contributed by atoms with E-state index in [1.54, 1.807) is 7.11 Å². The Morgan fingerprint density at radius 1 is 1.05 bits per heavy atom. The summed E-state index contributed by atoms with van der Waals surface area (Å²) in [6, 6.07) is 7.53. The van der Waals surface area contributed by atoms with E-state index >= 15 is 0 Å². The number of benzene rings is 1. The average molecular weight is 393 g/mol. The minimum absolute atomic E-state index is 0. The number of aliphatic imine (C=N–C) groups is 1. The summed E-state index contributed by atoms with van der Waals surface area (Å²) in [5.41, 5.74) is 0. The first-order valence-electron chi connectivity index (χ1n) is 6.59. The number of rotatable bonds is 7. The molecule has 0 saturated carbocycles. The highest BCUT2D eigenvalue weighted by molar-refractivity contribution is 14.0. The monoisotopic (exact) mass is 393 g/mol. The molecule has 0 aromatic heterocycles. The van der Waals surface area contributed by atoms with Gasteiger partial charge >= 0.3 is 0 Å². The first kappa shape index (κ1) is 18.8. The van der Waals surface area contributed by atoms with Gasteiger partial charge in [0.15, 0.2) is 5.96 Å². The second-order valence-electron chi connectivity index (χ2n) is 3.81. The summed E-state index contributed by atoms with van der Waals surface area (Å²) in [4.78, 5) is 4.40. The summed E-state index contributed by atoms with van der Waals surface area (Å²) >= 11 is 0. The maximum absolute atomic E-state index is 5.59. The van der Waals surface area contributed by atoms with Gasteiger partial charge in [-0.15, -0.1) is 24.0 Å². The molecule has 0 saturated heterocycles.